The maximum atomic E-state index is 13.1. The topological polar surface area (TPSA) is 77.2 Å². The summed E-state index contributed by atoms with van der Waals surface area (Å²) in [4.78, 5) is 31.1. The van der Waals surface area contributed by atoms with Crippen molar-refractivity contribution in [1.29, 1.82) is 0 Å². The number of rotatable bonds is 9. The predicted octanol–water partition coefficient (Wildman–Crippen LogP) is 8.76. The minimum Gasteiger partial charge on any atom is -0.475 e. The molecule has 0 unspecified atom stereocenters. The smallest absolute Gasteiger partial charge is 0.372 e. The van der Waals surface area contributed by atoms with Gasteiger partial charge < -0.3 is 23.6 Å². The van der Waals surface area contributed by atoms with E-state index in [1.54, 1.807) is 18.9 Å². The first-order chi connectivity index (χ1) is 22.3. The van der Waals surface area contributed by atoms with Crippen molar-refractivity contribution < 1.29 is 19.1 Å². The van der Waals surface area contributed by atoms with Gasteiger partial charge in [0, 0.05) is 58.5 Å². The fourth-order valence-electron chi connectivity index (χ4n) is 6.65. The Hall–Kier alpha value is -3.73. The fraction of sp³-hybridized carbons (Fsp3) is 0.278. The Morgan fingerprint density at radius 3 is 2.48 bits per heavy atom. The average molecular weight is 717 g/mol. The normalized spacial score (nSPS) is 15.7. The molecule has 236 valence electrons. The molecule has 2 fully saturated rings. The van der Waals surface area contributed by atoms with Crippen LogP contribution in [0.25, 0.3) is 11.0 Å². The Kier molecular flexibility index (Phi) is 8.61. The molecule has 2 saturated heterocycles. The molecule has 0 aliphatic carbocycles. The Balaban J connectivity index is 1.10. The van der Waals surface area contributed by atoms with E-state index in [2.05, 4.69) is 73.7 Å². The lowest BCUT2D eigenvalue weighted by molar-refractivity contribution is 0.0506. The summed E-state index contributed by atoms with van der Waals surface area (Å²) < 4.78 is 8.88. The van der Waals surface area contributed by atoms with Gasteiger partial charge in [-0.3, -0.25) is 4.79 Å². The Morgan fingerprint density at radius 2 is 1.76 bits per heavy atom. The molecule has 1 amide bonds. The molecule has 46 heavy (non-hydrogen) atoms. The predicted molar refractivity (Wildman–Crippen MR) is 190 cm³/mol. The minimum atomic E-state index is -1.05. The van der Waals surface area contributed by atoms with Crippen LogP contribution in [0.15, 0.2) is 98.0 Å². The summed E-state index contributed by atoms with van der Waals surface area (Å²) in [6, 6.07) is 27.0. The molecule has 1 N–H and O–H groups in total. The Bertz CT molecular complexity index is 1890. The number of furan rings is 1. The van der Waals surface area contributed by atoms with Gasteiger partial charge in [-0.15, -0.1) is 11.3 Å². The van der Waals surface area contributed by atoms with Crippen molar-refractivity contribution >= 4 is 73.4 Å². The fourth-order valence-corrected chi connectivity index (χ4v) is 9.14. The molecule has 4 heterocycles. The number of halogens is 1. The molecule has 7 rings (SSSR count). The molecular formula is C36H34BrN3O4S2. The quantitative estimate of drug-likeness (QED) is 0.153. The van der Waals surface area contributed by atoms with Crippen molar-refractivity contribution in [1.82, 2.24) is 4.90 Å². The van der Waals surface area contributed by atoms with Crippen LogP contribution in [-0.2, 0) is 6.42 Å². The lowest BCUT2D eigenvalue weighted by Crippen LogP contribution is -2.61. The first-order valence-corrected chi connectivity index (χ1v) is 17.9. The van der Waals surface area contributed by atoms with Crippen molar-refractivity contribution in [3.8, 4) is 0 Å². The lowest BCUT2D eigenvalue weighted by atomic mass is 9.71. The number of carbonyl (C=O) groups is 2. The van der Waals surface area contributed by atoms with Crippen LogP contribution in [-0.4, -0.2) is 54.6 Å². The van der Waals surface area contributed by atoms with Crippen LogP contribution >= 0.6 is 39.2 Å². The van der Waals surface area contributed by atoms with E-state index in [4.69, 9.17) is 4.42 Å². The number of para-hydroxylation sites is 2. The number of thiophene rings is 1. The van der Waals surface area contributed by atoms with Crippen LogP contribution in [0.3, 0.4) is 0 Å². The van der Waals surface area contributed by atoms with Crippen LogP contribution in [0.1, 0.15) is 44.2 Å². The van der Waals surface area contributed by atoms with Gasteiger partial charge in [-0.05, 0) is 101 Å². The van der Waals surface area contributed by atoms with Gasteiger partial charge in [0.25, 0.3) is 5.91 Å². The number of aryl methyl sites for hydroxylation is 1. The number of amides is 1. The highest BCUT2D eigenvalue weighted by molar-refractivity contribution is 9.10. The number of aromatic carboxylic acids is 1. The average Bonchev–Trinajstić information content (AvgIpc) is 3.64. The van der Waals surface area contributed by atoms with E-state index in [1.807, 2.05) is 40.6 Å². The molecule has 10 heteroatoms. The summed E-state index contributed by atoms with van der Waals surface area (Å²) in [5.41, 5.74) is 5.09. The highest BCUT2D eigenvalue weighted by Gasteiger charge is 2.46. The van der Waals surface area contributed by atoms with Gasteiger partial charge in [0.2, 0.25) is 5.76 Å². The van der Waals surface area contributed by atoms with Crippen molar-refractivity contribution in [3.63, 3.8) is 0 Å². The molecule has 0 saturated carbocycles. The third kappa shape index (κ3) is 6.06. The van der Waals surface area contributed by atoms with Crippen LogP contribution in [0.4, 0.5) is 11.4 Å². The minimum absolute atomic E-state index is 0.00951. The van der Waals surface area contributed by atoms with E-state index in [1.165, 1.54) is 22.6 Å². The van der Waals surface area contributed by atoms with Crippen LogP contribution in [0.2, 0.25) is 0 Å². The van der Waals surface area contributed by atoms with Gasteiger partial charge in [0.05, 0.1) is 11.4 Å². The maximum Gasteiger partial charge on any atom is 0.372 e. The van der Waals surface area contributed by atoms with Gasteiger partial charge in [-0.1, -0.05) is 42.5 Å². The van der Waals surface area contributed by atoms with E-state index in [0.717, 1.165) is 77.3 Å². The molecule has 0 bridgehead atoms. The summed E-state index contributed by atoms with van der Waals surface area (Å²) in [5, 5.41) is 12.3. The summed E-state index contributed by atoms with van der Waals surface area (Å²) in [5.74, 6) is -0.932. The standard InChI is InChI=1S/C36H34BrN3O4S2/c1-24-27-21-26(11-12-31(27)44-32(24)35(42)43)46-40(17-13-25-7-3-2-4-8-25)30-10-6-5-9-29(30)39-22-36(23-39)15-18-38(19-16-36)34(41)33-28(37)14-20-45-33/h2-12,14,20-21H,13,15-19,22-23H2,1H3,(H,42,43). The van der Waals surface area contributed by atoms with Gasteiger partial charge in [0.1, 0.15) is 10.5 Å². The number of benzene rings is 3. The molecule has 0 atom stereocenters. The summed E-state index contributed by atoms with van der Waals surface area (Å²) >= 11 is 6.69. The zero-order valence-electron chi connectivity index (χ0n) is 25.4. The molecular weight excluding hydrogens is 682 g/mol. The third-order valence-electron chi connectivity index (χ3n) is 9.23. The van der Waals surface area contributed by atoms with Gasteiger partial charge >= 0.3 is 5.97 Å². The number of likely N-dealkylation sites (tertiary alicyclic amines) is 1. The molecule has 2 aliphatic heterocycles. The number of anilines is 2. The summed E-state index contributed by atoms with van der Waals surface area (Å²) in [6.07, 6.45) is 2.90. The molecule has 5 aromatic rings. The van der Waals surface area contributed by atoms with Gasteiger partial charge in [-0.2, -0.15) is 0 Å². The highest BCUT2D eigenvalue weighted by Crippen LogP contribution is 2.47. The van der Waals surface area contributed by atoms with E-state index >= 15 is 0 Å². The lowest BCUT2D eigenvalue weighted by Gasteiger charge is -2.55. The first-order valence-electron chi connectivity index (χ1n) is 15.4. The van der Waals surface area contributed by atoms with Crippen LogP contribution in [0, 0.1) is 12.3 Å². The molecule has 2 aliphatic rings. The third-order valence-corrected chi connectivity index (χ3v) is 12.1. The number of fused-ring (bicyclic) bond motifs is 1. The summed E-state index contributed by atoms with van der Waals surface area (Å²) in [7, 11) is 0. The number of hydrogen-bond donors (Lipinski definition) is 1. The maximum absolute atomic E-state index is 13.1. The van der Waals surface area contributed by atoms with E-state index < -0.39 is 5.97 Å². The number of carbonyl (C=O) groups excluding carboxylic acids is 1. The summed E-state index contributed by atoms with van der Waals surface area (Å²) in [6.45, 7) is 6.12. The SMILES string of the molecule is Cc1c(C(=O)O)oc2ccc(SN(CCc3ccccc3)c3ccccc3N3CC4(CCN(C(=O)c5sccc5Br)CC4)C3)cc12. The Labute approximate surface area is 285 Å². The number of hydrogen-bond acceptors (Lipinski definition) is 7. The number of piperidine rings is 1. The molecule has 2 aromatic heterocycles. The van der Waals surface area contributed by atoms with Crippen molar-refractivity contribution in [3.05, 3.63) is 110 Å². The second-order valence-corrected chi connectivity index (χ2v) is 15.0. The largest absolute Gasteiger partial charge is 0.475 e. The second kappa shape index (κ2) is 12.8. The van der Waals surface area contributed by atoms with Gasteiger partial charge in [-0.25, -0.2) is 4.79 Å². The Morgan fingerprint density at radius 1 is 1.02 bits per heavy atom. The first kappa shape index (κ1) is 30.9. The van der Waals surface area contributed by atoms with Crippen LogP contribution in [0.5, 0.6) is 0 Å². The van der Waals surface area contributed by atoms with Crippen molar-refractivity contribution in [2.24, 2.45) is 5.41 Å². The highest BCUT2D eigenvalue weighted by atomic mass is 79.9. The van der Waals surface area contributed by atoms with E-state index in [-0.39, 0.29) is 17.1 Å². The number of carboxylic acid groups (broad SMARTS) is 1. The second-order valence-electron chi connectivity index (χ2n) is 12.2. The van der Waals surface area contributed by atoms with Crippen LogP contribution < -0.4 is 9.21 Å². The monoisotopic (exact) mass is 715 g/mol. The molecule has 7 nitrogen and oxygen atoms in total. The van der Waals surface area contributed by atoms with Crippen molar-refractivity contribution in [2.75, 3.05) is 41.9 Å². The van der Waals surface area contributed by atoms with E-state index in [0.29, 0.717) is 11.1 Å². The zero-order chi connectivity index (χ0) is 31.8. The van der Waals surface area contributed by atoms with E-state index in [9.17, 15) is 14.7 Å². The number of carboxylic acids is 1. The van der Waals surface area contributed by atoms with Gasteiger partial charge in [0.15, 0.2) is 0 Å². The molecule has 0 radical (unpaired) electrons. The molecule has 3 aromatic carbocycles. The zero-order valence-corrected chi connectivity index (χ0v) is 28.7. The number of nitrogens with zero attached hydrogens (tertiary/aromatic N) is 3. The molecule has 1 spiro atoms. The van der Waals surface area contributed by atoms with Crippen molar-refractivity contribution in [2.45, 2.75) is 31.1 Å².